The van der Waals surface area contributed by atoms with E-state index in [1.165, 1.54) is 5.56 Å². The van der Waals surface area contributed by atoms with Crippen LogP contribution in [0.25, 0.3) is 0 Å². The van der Waals surface area contributed by atoms with Crippen LogP contribution >= 0.6 is 0 Å². The second-order valence-electron chi connectivity index (χ2n) is 5.76. The van der Waals surface area contributed by atoms with Crippen LogP contribution in [0.1, 0.15) is 18.4 Å². The molecular formula is C19H21NO3. The molecule has 0 atom stereocenters. The highest BCUT2D eigenvalue weighted by molar-refractivity contribution is 5.78. The van der Waals surface area contributed by atoms with Crippen LogP contribution in [-0.2, 0) is 4.79 Å². The number of hydrogen-bond donors (Lipinski definition) is 0. The Morgan fingerprint density at radius 2 is 1.43 bits per heavy atom. The number of carbonyl (C=O) groups is 1. The van der Waals surface area contributed by atoms with Gasteiger partial charge >= 0.3 is 0 Å². The van der Waals surface area contributed by atoms with E-state index in [0.717, 1.165) is 37.4 Å². The second-order valence-corrected chi connectivity index (χ2v) is 5.76. The second kappa shape index (κ2) is 7.18. The first-order valence-electron chi connectivity index (χ1n) is 7.96. The summed E-state index contributed by atoms with van der Waals surface area (Å²) in [5.41, 5.74) is 1.20. The largest absolute Gasteiger partial charge is 0.484 e. The maximum absolute atomic E-state index is 11.9. The van der Waals surface area contributed by atoms with Crippen LogP contribution in [0, 0.1) is 6.92 Å². The Morgan fingerprint density at radius 1 is 0.913 bits per heavy atom. The Labute approximate surface area is 136 Å². The maximum atomic E-state index is 11.9. The van der Waals surface area contributed by atoms with E-state index in [4.69, 9.17) is 9.47 Å². The molecular weight excluding hydrogens is 290 g/mol. The van der Waals surface area contributed by atoms with Crippen LogP contribution < -0.4 is 9.47 Å². The van der Waals surface area contributed by atoms with Gasteiger partial charge in [-0.2, -0.15) is 0 Å². The number of carbonyl (C=O) groups excluding carboxylic acids is 1. The van der Waals surface area contributed by atoms with Crippen molar-refractivity contribution in [1.82, 2.24) is 4.90 Å². The van der Waals surface area contributed by atoms with E-state index in [1.54, 1.807) is 0 Å². The summed E-state index contributed by atoms with van der Waals surface area (Å²) in [6, 6.07) is 15.2. The average molecular weight is 311 g/mol. The Bertz CT molecular complexity index is 643. The van der Waals surface area contributed by atoms with Crippen LogP contribution in [0.5, 0.6) is 17.2 Å². The summed E-state index contributed by atoms with van der Waals surface area (Å²) in [7, 11) is 0. The molecule has 2 aromatic rings. The number of aryl methyl sites for hydroxylation is 1. The molecule has 23 heavy (non-hydrogen) atoms. The summed E-state index contributed by atoms with van der Waals surface area (Å²) >= 11 is 0. The quantitative estimate of drug-likeness (QED) is 0.843. The van der Waals surface area contributed by atoms with Gasteiger partial charge < -0.3 is 14.4 Å². The van der Waals surface area contributed by atoms with Crippen molar-refractivity contribution < 1.29 is 14.3 Å². The summed E-state index contributed by atoms with van der Waals surface area (Å²) in [5, 5.41) is 0. The van der Waals surface area contributed by atoms with Crippen LogP contribution in [0.2, 0.25) is 0 Å². The van der Waals surface area contributed by atoms with E-state index >= 15 is 0 Å². The molecule has 0 N–H and O–H groups in total. The third-order valence-corrected chi connectivity index (χ3v) is 3.90. The number of benzene rings is 2. The molecule has 0 radical (unpaired) electrons. The highest BCUT2D eigenvalue weighted by Gasteiger charge is 2.17. The standard InChI is InChI=1S/C19H21NO3/c1-15-4-6-17(7-5-15)23-18-10-8-16(9-11-18)22-14-19(21)20-12-2-3-13-20/h4-11H,2-3,12-14H2,1H3. The Kier molecular flexibility index (Phi) is 4.81. The fraction of sp³-hybridized carbons (Fsp3) is 0.316. The zero-order chi connectivity index (χ0) is 16.1. The molecule has 120 valence electrons. The minimum absolute atomic E-state index is 0.0579. The van der Waals surface area contributed by atoms with Gasteiger partial charge in [-0.25, -0.2) is 0 Å². The Hall–Kier alpha value is -2.49. The van der Waals surface area contributed by atoms with Crippen molar-refractivity contribution in [2.24, 2.45) is 0 Å². The predicted octanol–water partition coefficient (Wildman–Crippen LogP) is 3.79. The summed E-state index contributed by atoms with van der Waals surface area (Å²) < 4.78 is 11.3. The van der Waals surface area contributed by atoms with Gasteiger partial charge in [0.15, 0.2) is 6.61 Å². The first kappa shape index (κ1) is 15.4. The number of likely N-dealkylation sites (tertiary alicyclic amines) is 1. The molecule has 0 spiro atoms. The normalized spacial score (nSPS) is 13.9. The fourth-order valence-corrected chi connectivity index (χ4v) is 2.55. The predicted molar refractivity (Wildman–Crippen MR) is 89.0 cm³/mol. The van der Waals surface area contributed by atoms with E-state index in [9.17, 15) is 4.79 Å². The number of rotatable bonds is 5. The minimum atomic E-state index is 0.0579. The van der Waals surface area contributed by atoms with Gasteiger partial charge in [-0.05, 0) is 56.2 Å². The third-order valence-electron chi connectivity index (χ3n) is 3.90. The third kappa shape index (κ3) is 4.25. The van der Waals surface area contributed by atoms with E-state index in [0.29, 0.717) is 5.75 Å². The van der Waals surface area contributed by atoms with Gasteiger partial charge in [0.25, 0.3) is 5.91 Å². The molecule has 1 aliphatic heterocycles. The van der Waals surface area contributed by atoms with Crippen molar-refractivity contribution in [3.05, 3.63) is 54.1 Å². The Balaban J connectivity index is 1.52. The molecule has 0 saturated carbocycles. The van der Waals surface area contributed by atoms with Gasteiger partial charge in [0, 0.05) is 13.1 Å². The smallest absolute Gasteiger partial charge is 0.260 e. The van der Waals surface area contributed by atoms with Gasteiger partial charge in [-0.3, -0.25) is 4.79 Å². The molecule has 4 heteroatoms. The lowest BCUT2D eigenvalue weighted by Crippen LogP contribution is -2.32. The molecule has 0 aromatic heterocycles. The number of nitrogens with zero attached hydrogens (tertiary/aromatic N) is 1. The lowest BCUT2D eigenvalue weighted by molar-refractivity contribution is -0.132. The molecule has 1 saturated heterocycles. The van der Waals surface area contributed by atoms with E-state index in [-0.39, 0.29) is 12.5 Å². The highest BCUT2D eigenvalue weighted by Crippen LogP contribution is 2.24. The maximum Gasteiger partial charge on any atom is 0.260 e. The summed E-state index contributed by atoms with van der Waals surface area (Å²) in [4.78, 5) is 13.8. The molecule has 4 nitrogen and oxygen atoms in total. The SMILES string of the molecule is Cc1ccc(Oc2ccc(OCC(=O)N3CCCC3)cc2)cc1. The Morgan fingerprint density at radius 3 is 2.04 bits per heavy atom. The molecule has 2 aromatic carbocycles. The molecule has 1 heterocycles. The van der Waals surface area contributed by atoms with Crippen molar-refractivity contribution in [2.45, 2.75) is 19.8 Å². The molecule has 1 fully saturated rings. The van der Waals surface area contributed by atoms with Crippen molar-refractivity contribution in [3.63, 3.8) is 0 Å². The highest BCUT2D eigenvalue weighted by atomic mass is 16.5. The number of ether oxygens (including phenoxy) is 2. The van der Waals surface area contributed by atoms with Gasteiger partial charge in [0.05, 0.1) is 0 Å². The van der Waals surface area contributed by atoms with E-state index in [2.05, 4.69) is 0 Å². The van der Waals surface area contributed by atoms with Gasteiger partial charge in [0.2, 0.25) is 0 Å². The minimum Gasteiger partial charge on any atom is -0.484 e. The molecule has 1 aliphatic rings. The topological polar surface area (TPSA) is 38.8 Å². The van der Waals surface area contributed by atoms with Crippen molar-refractivity contribution in [2.75, 3.05) is 19.7 Å². The van der Waals surface area contributed by atoms with Gasteiger partial charge in [-0.1, -0.05) is 17.7 Å². The molecule has 3 rings (SSSR count). The number of amides is 1. The fourth-order valence-electron chi connectivity index (χ4n) is 2.55. The molecule has 0 bridgehead atoms. The van der Waals surface area contributed by atoms with Crippen LogP contribution in [-0.4, -0.2) is 30.5 Å². The van der Waals surface area contributed by atoms with Crippen LogP contribution in [0.3, 0.4) is 0 Å². The van der Waals surface area contributed by atoms with Crippen LogP contribution in [0.15, 0.2) is 48.5 Å². The number of hydrogen-bond acceptors (Lipinski definition) is 3. The summed E-state index contributed by atoms with van der Waals surface area (Å²) in [6.45, 7) is 3.84. The summed E-state index contributed by atoms with van der Waals surface area (Å²) in [6.07, 6.45) is 2.19. The zero-order valence-electron chi connectivity index (χ0n) is 13.3. The molecule has 0 aliphatic carbocycles. The first-order chi connectivity index (χ1) is 11.2. The average Bonchev–Trinajstić information content (AvgIpc) is 3.11. The van der Waals surface area contributed by atoms with E-state index in [1.807, 2.05) is 60.4 Å². The van der Waals surface area contributed by atoms with Crippen LogP contribution in [0.4, 0.5) is 0 Å². The van der Waals surface area contributed by atoms with Gasteiger partial charge in [-0.15, -0.1) is 0 Å². The lowest BCUT2D eigenvalue weighted by atomic mass is 10.2. The first-order valence-corrected chi connectivity index (χ1v) is 7.96. The van der Waals surface area contributed by atoms with E-state index < -0.39 is 0 Å². The summed E-state index contributed by atoms with van der Waals surface area (Å²) in [5.74, 6) is 2.27. The monoisotopic (exact) mass is 311 g/mol. The lowest BCUT2D eigenvalue weighted by Gasteiger charge is -2.15. The van der Waals surface area contributed by atoms with Crippen molar-refractivity contribution >= 4 is 5.91 Å². The van der Waals surface area contributed by atoms with Crippen molar-refractivity contribution in [3.8, 4) is 17.2 Å². The zero-order valence-corrected chi connectivity index (χ0v) is 13.3. The van der Waals surface area contributed by atoms with Gasteiger partial charge in [0.1, 0.15) is 17.2 Å². The molecule has 0 unspecified atom stereocenters. The van der Waals surface area contributed by atoms with Crippen molar-refractivity contribution in [1.29, 1.82) is 0 Å². The molecule has 1 amide bonds.